The third kappa shape index (κ3) is 4.72. The van der Waals surface area contributed by atoms with Crippen molar-refractivity contribution >= 4 is 17.3 Å². The molecule has 8 heteroatoms. The Hall–Kier alpha value is -3.03. The van der Waals surface area contributed by atoms with Gasteiger partial charge in [0.05, 0.1) is 10.6 Å². The largest absolute Gasteiger partial charge is 0.291 e. The minimum Gasteiger partial charge on any atom is -0.291 e. The number of hydrogen-bond donors (Lipinski definition) is 2. The lowest BCUT2D eigenvalue weighted by atomic mass is 10.1. The molecule has 0 spiro atoms. The summed E-state index contributed by atoms with van der Waals surface area (Å²) in [4.78, 5) is 29.4. The molecular weight excluding hydrogens is 322 g/mol. The van der Waals surface area contributed by atoms with E-state index in [1.165, 1.54) is 12.1 Å². The zero-order valence-electron chi connectivity index (χ0n) is 14.5. The first-order chi connectivity index (χ1) is 11.9. The summed E-state index contributed by atoms with van der Waals surface area (Å²) in [5, 5.41) is 14.8. The molecule has 0 aliphatic rings. The molecule has 132 valence electrons. The van der Waals surface area contributed by atoms with Gasteiger partial charge in [0.25, 0.3) is 11.2 Å². The van der Waals surface area contributed by atoms with E-state index in [1.807, 2.05) is 0 Å². The number of nitro benzene ring substituents is 1. The molecule has 0 atom stereocenters. The van der Waals surface area contributed by atoms with E-state index in [-0.39, 0.29) is 17.2 Å². The minimum absolute atomic E-state index is 0.0220. The molecule has 0 bridgehead atoms. The topological polar surface area (TPSA) is 113 Å². The molecular formula is C17H21N5O3. The molecule has 2 aromatic rings. The Kier molecular flexibility index (Phi) is 5.99. The van der Waals surface area contributed by atoms with E-state index in [9.17, 15) is 14.9 Å². The average molecular weight is 343 g/mol. The number of nitrogens with zero attached hydrogens (tertiary/aromatic N) is 3. The van der Waals surface area contributed by atoms with Crippen LogP contribution in [-0.4, -0.2) is 20.6 Å². The number of benzene rings is 1. The van der Waals surface area contributed by atoms with Crippen molar-refractivity contribution in [3.63, 3.8) is 0 Å². The van der Waals surface area contributed by atoms with Crippen LogP contribution in [0.1, 0.15) is 43.5 Å². The Morgan fingerprint density at radius 1 is 1.36 bits per heavy atom. The number of rotatable bonds is 7. The highest BCUT2D eigenvalue weighted by Crippen LogP contribution is 2.13. The van der Waals surface area contributed by atoms with Gasteiger partial charge in [-0.15, -0.1) is 0 Å². The lowest BCUT2D eigenvalue weighted by Crippen LogP contribution is -2.18. The SMILES string of the molecule is CCCCc1c(C)nc(NN=C(C)c2ccc([N+](=O)[O-])cc2)[nH]c1=O. The Morgan fingerprint density at radius 2 is 2.04 bits per heavy atom. The number of hydrazone groups is 1. The number of nitrogens with one attached hydrogen (secondary N) is 2. The number of aryl methyl sites for hydroxylation is 1. The van der Waals surface area contributed by atoms with Crippen LogP contribution in [0.3, 0.4) is 0 Å². The summed E-state index contributed by atoms with van der Waals surface area (Å²) in [6.07, 6.45) is 2.66. The van der Waals surface area contributed by atoms with Gasteiger partial charge >= 0.3 is 0 Å². The molecule has 2 N–H and O–H groups in total. The fraction of sp³-hybridized carbons (Fsp3) is 0.353. The van der Waals surface area contributed by atoms with E-state index in [0.717, 1.165) is 18.4 Å². The van der Waals surface area contributed by atoms with Crippen molar-refractivity contribution < 1.29 is 4.92 Å². The van der Waals surface area contributed by atoms with Crippen molar-refractivity contribution in [3.8, 4) is 0 Å². The monoisotopic (exact) mass is 343 g/mol. The van der Waals surface area contributed by atoms with Crippen molar-refractivity contribution in [2.45, 2.75) is 40.0 Å². The van der Waals surface area contributed by atoms with Crippen LogP contribution in [0.4, 0.5) is 11.6 Å². The molecule has 0 fully saturated rings. The first-order valence-corrected chi connectivity index (χ1v) is 8.07. The van der Waals surface area contributed by atoms with Crippen molar-refractivity contribution in [2.24, 2.45) is 5.10 Å². The molecule has 8 nitrogen and oxygen atoms in total. The summed E-state index contributed by atoms with van der Waals surface area (Å²) in [5.74, 6) is 0.268. The van der Waals surface area contributed by atoms with Crippen LogP contribution in [0, 0.1) is 17.0 Å². The maximum absolute atomic E-state index is 12.1. The van der Waals surface area contributed by atoms with E-state index in [1.54, 1.807) is 26.0 Å². The van der Waals surface area contributed by atoms with E-state index in [0.29, 0.717) is 23.4 Å². The highest BCUT2D eigenvalue weighted by Gasteiger charge is 2.08. The summed E-state index contributed by atoms with van der Waals surface area (Å²) in [5.41, 5.74) is 5.32. The first kappa shape index (κ1) is 18.3. The third-order valence-electron chi connectivity index (χ3n) is 3.83. The number of aromatic nitrogens is 2. The van der Waals surface area contributed by atoms with Crippen molar-refractivity contribution in [2.75, 3.05) is 5.43 Å². The van der Waals surface area contributed by atoms with Gasteiger partial charge in [0, 0.05) is 23.4 Å². The van der Waals surface area contributed by atoms with Gasteiger partial charge in [0.2, 0.25) is 5.95 Å². The molecule has 2 rings (SSSR count). The van der Waals surface area contributed by atoms with Crippen LogP contribution in [0.5, 0.6) is 0 Å². The maximum atomic E-state index is 12.1. The van der Waals surface area contributed by atoms with Crippen LogP contribution in [0.25, 0.3) is 0 Å². The van der Waals surface area contributed by atoms with Gasteiger partial charge in [-0.2, -0.15) is 5.10 Å². The van der Waals surface area contributed by atoms with Crippen molar-refractivity contribution in [1.82, 2.24) is 9.97 Å². The standard InChI is InChI=1S/C17H21N5O3/c1-4-5-6-15-12(3)18-17(19-16(15)23)21-20-11(2)13-7-9-14(10-8-13)22(24)25/h7-10H,4-6H2,1-3H3,(H2,18,19,21,23). The average Bonchev–Trinajstić information content (AvgIpc) is 2.59. The molecule has 1 heterocycles. The van der Waals surface area contributed by atoms with Crippen molar-refractivity contribution in [1.29, 1.82) is 0 Å². The molecule has 0 radical (unpaired) electrons. The zero-order chi connectivity index (χ0) is 18.4. The summed E-state index contributed by atoms with van der Waals surface area (Å²) in [7, 11) is 0. The number of unbranched alkanes of at least 4 members (excludes halogenated alkanes) is 1. The molecule has 25 heavy (non-hydrogen) atoms. The molecule has 0 saturated heterocycles. The van der Waals surface area contributed by atoms with E-state index in [2.05, 4.69) is 27.4 Å². The van der Waals surface area contributed by atoms with Gasteiger partial charge < -0.3 is 0 Å². The summed E-state index contributed by atoms with van der Waals surface area (Å²) < 4.78 is 0. The first-order valence-electron chi connectivity index (χ1n) is 8.07. The van der Waals surface area contributed by atoms with Crippen LogP contribution >= 0.6 is 0 Å². The van der Waals surface area contributed by atoms with E-state index >= 15 is 0 Å². The normalized spacial score (nSPS) is 11.4. The number of H-pyrrole nitrogens is 1. The smallest absolute Gasteiger partial charge is 0.269 e. The number of hydrogen-bond acceptors (Lipinski definition) is 6. The quantitative estimate of drug-likeness (QED) is 0.455. The second-order valence-corrected chi connectivity index (χ2v) is 5.70. The lowest BCUT2D eigenvalue weighted by Gasteiger charge is -2.07. The number of anilines is 1. The fourth-order valence-corrected chi connectivity index (χ4v) is 2.34. The van der Waals surface area contributed by atoms with Gasteiger partial charge in [0.1, 0.15) is 0 Å². The van der Waals surface area contributed by atoms with Gasteiger partial charge in [-0.25, -0.2) is 10.4 Å². The van der Waals surface area contributed by atoms with E-state index < -0.39 is 4.92 Å². The molecule has 0 aliphatic heterocycles. The lowest BCUT2D eigenvalue weighted by molar-refractivity contribution is -0.384. The third-order valence-corrected chi connectivity index (χ3v) is 3.83. The molecule has 1 aromatic carbocycles. The predicted octanol–water partition coefficient (Wildman–Crippen LogP) is 3.17. The number of non-ortho nitro benzene ring substituents is 1. The maximum Gasteiger partial charge on any atom is 0.269 e. The second kappa shape index (κ2) is 8.18. The minimum atomic E-state index is -0.452. The zero-order valence-corrected chi connectivity index (χ0v) is 14.5. The van der Waals surface area contributed by atoms with Gasteiger partial charge in [-0.3, -0.25) is 19.9 Å². The molecule has 0 unspecified atom stereocenters. The van der Waals surface area contributed by atoms with E-state index in [4.69, 9.17) is 0 Å². The number of aromatic amines is 1. The van der Waals surface area contributed by atoms with Gasteiger partial charge in [-0.1, -0.05) is 13.3 Å². The van der Waals surface area contributed by atoms with Crippen LogP contribution in [-0.2, 0) is 6.42 Å². The molecule has 1 aromatic heterocycles. The Balaban J connectivity index is 2.15. The summed E-state index contributed by atoms with van der Waals surface area (Å²) in [6, 6.07) is 6.07. The van der Waals surface area contributed by atoms with Gasteiger partial charge in [-0.05, 0) is 44.4 Å². The van der Waals surface area contributed by atoms with Crippen LogP contribution in [0.15, 0.2) is 34.2 Å². The Bertz CT molecular complexity index is 840. The molecule has 0 aliphatic carbocycles. The highest BCUT2D eigenvalue weighted by molar-refractivity contribution is 5.99. The Morgan fingerprint density at radius 3 is 2.60 bits per heavy atom. The molecule has 0 amide bonds. The van der Waals surface area contributed by atoms with Crippen LogP contribution < -0.4 is 11.0 Å². The predicted molar refractivity (Wildman–Crippen MR) is 97.1 cm³/mol. The summed E-state index contributed by atoms with van der Waals surface area (Å²) >= 11 is 0. The van der Waals surface area contributed by atoms with Crippen molar-refractivity contribution in [3.05, 3.63) is 61.6 Å². The fourth-order valence-electron chi connectivity index (χ4n) is 2.34. The molecule has 0 saturated carbocycles. The number of nitro groups is 1. The second-order valence-electron chi connectivity index (χ2n) is 5.70. The van der Waals surface area contributed by atoms with Crippen LogP contribution in [0.2, 0.25) is 0 Å². The Labute approximate surface area is 145 Å². The van der Waals surface area contributed by atoms with Gasteiger partial charge in [0.15, 0.2) is 0 Å². The highest BCUT2D eigenvalue weighted by atomic mass is 16.6. The summed E-state index contributed by atoms with van der Waals surface area (Å²) in [6.45, 7) is 5.63.